The molecule has 0 aliphatic rings. The summed E-state index contributed by atoms with van der Waals surface area (Å²) in [5, 5.41) is 13.4. The third-order valence-electron chi connectivity index (χ3n) is 4.35. The van der Waals surface area contributed by atoms with Crippen LogP contribution >= 0.6 is 11.3 Å². The Morgan fingerprint density at radius 1 is 1.20 bits per heavy atom. The van der Waals surface area contributed by atoms with E-state index < -0.39 is 0 Å². The summed E-state index contributed by atoms with van der Waals surface area (Å²) >= 11 is 1.57. The van der Waals surface area contributed by atoms with Gasteiger partial charge in [-0.2, -0.15) is 10.4 Å². The number of hydrogen-bond donors (Lipinski definition) is 0. The van der Waals surface area contributed by atoms with Crippen molar-refractivity contribution in [2.75, 3.05) is 18.1 Å². The first kappa shape index (κ1) is 21.3. The molecule has 0 N–H and O–H groups in total. The van der Waals surface area contributed by atoms with Gasteiger partial charge in [-0.25, -0.2) is 4.68 Å². The number of hydrogen-bond acceptors (Lipinski definition) is 6. The minimum atomic E-state index is -0.354. The smallest absolute Gasteiger partial charge is 0.267 e. The Bertz CT molecular complexity index is 1110. The molecule has 1 amide bonds. The molecule has 1 aromatic carbocycles. The first-order valence-electron chi connectivity index (χ1n) is 9.57. The Kier molecular flexibility index (Phi) is 6.99. The number of carbonyl (C=O) groups excluding carboxylic acids is 1. The molecule has 2 heterocycles. The van der Waals surface area contributed by atoms with Gasteiger partial charge in [0, 0.05) is 23.2 Å². The van der Waals surface area contributed by atoms with Crippen LogP contribution in [0.5, 0.6) is 5.75 Å². The van der Waals surface area contributed by atoms with Crippen LogP contribution in [0.15, 0.2) is 53.3 Å². The number of ether oxygens (including phenoxy) is 1. The highest BCUT2D eigenvalue weighted by molar-refractivity contribution is 7.15. The van der Waals surface area contributed by atoms with Gasteiger partial charge < -0.3 is 9.64 Å². The van der Waals surface area contributed by atoms with Crippen LogP contribution in [-0.2, 0) is 11.3 Å². The first-order chi connectivity index (χ1) is 14.5. The highest BCUT2D eigenvalue weighted by Gasteiger charge is 2.18. The molecule has 3 rings (SSSR count). The third-order valence-corrected chi connectivity index (χ3v) is 5.38. The largest absolute Gasteiger partial charge is 0.494 e. The van der Waals surface area contributed by atoms with E-state index in [1.54, 1.807) is 41.7 Å². The Balaban J connectivity index is 1.85. The monoisotopic (exact) mass is 422 g/mol. The number of anilines is 1. The molecule has 0 saturated carbocycles. The lowest BCUT2D eigenvalue weighted by Gasteiger charge is -2.22. The van der Waals surface area contributed by atoms with E-state index in [1.165, 1.54) is 15.6 Å². The summed E-state index contributed by atoms with van der Waals surface area (Å²) in [5.74, 6) is 0.384. The lowest BCUT2D eigenvalue weighted by molar-refractivity contribution is -0.119. The van der Waals surface area contributed by atoms with E-state index in [9.17, 15) is 9.59 Å². The van der Waals surface area contributed by atoms with Gasteiger partial charge in [-0.3, -0.25) is 9.59 Å². The standard InChI is InChI=1S/C22H22N4O3S/c1-3-29-18-8-6-17(7-9-18)25(14-4-13-23)22(28)15-26-21(27)12-10-19(24-26)20-11-5-16(2)30-20/h5-12H,3-4,14-15H2,1-2H3. The van der Waals surface area contributed by atoms with Crippen LogP contribution in [-0.4, -0.2) is 28.8 Å². The summed E-state index contributed by atoms with van der Waals surface area (Å²) in [6.45, 7) is 4.45. The average Bonchev–Trinajstić information content (AvgIpc) is 3.17. The van der Waals surface area contributed by atoms with Gasteiger partial charge in [-0.05, 0) is 56.3 Å². The predicted molar refractivity (Wildman–Crippen MR) is 117 cm³/mol. The number of nitrogens with zero attached hydrogens (tertiary/aromatic N) is 4. The van der Waals surface area contributed by atoms with Crippen LogP contribution in [0, 0.1) is 18.3 Å². The second-order valence-electron chi connectivity index (χ2n) is 6.51. The maximum absolute atomic E-state index is 13.0. The van der Waals surface area contributed by atoms with Gasteiger partial charge >= 0.3 is 0 Å². The Morgan fingerprint density at radius 3 is 2.60 bits per heavy atom. The van der Waals surface area contributed by atoms with Gasteiger partial charge in [0.05, 0.1) is 24.0 Å². The quantitative estimate of drug-likeness (QED) is 0.553. The van der Waals surface area contributed by atoms with Crippen LogP contribution in [0.1, 0.15) is 18.2 Å². The van der Waals surface area contributed by atoms with E-state index in [1.807, 2.05) is 26.0 Å². The molecule has 7 nitrogen and oxygen atoms in total. The highest BCUT2D eigenvalue weighted by atomic mass is 32.1. The van der Waals surface area contributed by atoms with Crippen LogP contribution in [0.3, 0.4) is 0 Å². The summed E-state index contributed by atoms with van der Waals surface area (Å²) in [6, 6.07) is 16.1. The molecular formula is C22H22N4O3S. The van der Waals surface area contributed by atoms with Crippen molar-refractivity contribution in [1.29, 1.82) is 5.26 Å². The number of thiophene rings is 1. The van der Waals surface area contributed by atoms with Crippen molar-refractivity contribution in [3.05, 3.63) is 63.8 Å². The van der Waals surface area contributed by atoms with Crippen molar-refractivity contribution in [1.82, 2.24) is 9.78 Å². The molecular weight excluding hydrogens is 400 g/mol. The number of rotatable bonds is 8. The fraction of sp³-hybridized carbons (Fsp3) is 0.273. The van der Waals surface area contributed by atoms with Crippen molar-refractivity contribution in [2.45, 2.75) is 26.8 Å². The molecule has 0 aliphatic carbocycles. The molecule has 0 saturated heterocycles. The Morgan fingerprint density at radius 2 is 1.97 bits per heavy atom. The fourth-order valence-corrected chi connectivity index (χ4v) is 3.76. The average molecular weight is 423 g/mol. The molecule has 0 unspecified atom stereocenters. The van der Waals surface area contributed by atoms with Crippen LogP contribution in [0.4, 0.5) is 5.69 Å². The predicted octanol–water partition coefficient (Wildman–Crippen LogP) is 3.63. The number of nitriles is 1. The summed E-state index contributed by atoms with van der Waals surface area (Å²) < 4.78 is 6.61. The molecule has 0 fully saturated rings. The maximum Gasteiger partial charge on any atom is 0.267 e. The number of aryl methyl sites for hydroxylation is 1. The molecule has 3 aromatic rings. The van der Waals surface area contributed by atoms with Gasteiger partial charge in [0.1, 0.15) is 18.0 Å². The molecule has 0 radical (unpaired) electrons. The van der Waals surface area contributed by atoms with E-state index in [-0.39, 0.29) is 31.0 Å². The molecule has 30 heavy (non-hydrogen) atoms. The van der Waals surface area contributed by atoms with Gasteiger partial charge in [0.25, 0.3) is 5.56 Å². The number of aromatic nitrogens is 2. The van der Waals surface area contributed by atoms with Crippen molar-refractivity contribution in [2.24, 2.45) is 0 Å². The second-order valence-corrected chi connectivity index (χ2v) is 7.79. The van der Waals surface area contributed by atoms with Crippen molar-refractivity contribution >= 4 is 22.9 Å². The zero-order chi connectivity index (χ0) is 21.5. The molecule has 0 bridgehead atoms. The van der Waals surface area contributed by atoms with E-state index in [4.69, 9.17) is 10.00 Å². The molecule has 0 aliphatic heterocycles. The van der Waals surface area contributed by atoms with Crippen molar-refractivity contribution in [3.63, 3.8) is 0 Å². The summed E-state index contributed by atoms with van der Waals surface area (Å²) in [5.41, 5.74) is 0.925. The maximum atomic E-state index is 13.0. The molecule has 0 spiro atoms. The summed E-state index contributed by atoms with van der Waals surface area (Å²) in [4.78, 5) is 28.9. The minimum Gasteiger partial charge on any atom is -0.494 e. The first-order valence-corrected chi connectivity index (χ1v) is 10.4. The van der Waals surface area contributed by atoms with Gasteiger partial charge in [-0.1, -0.05) is 0 Å². The zero-order valence-corrected chi connectivity index (χ0v) is 17.7. The Hall–Kier alpha value is -3.44. The van der Waals surface area contributed by atoms with Crippen molar-refractivity contribution in [3.8, 4) is 22.4 Å². The van der Waals surface area contributed by atoms with E-state index >= 15 is 0 Å². The molecule has 0 atom stereocenters. The number of benzene rings is 1. The molecule has 154 valence electrons. The summed E-state index contributed by atoms with van der Waals surface area (Å²) in [6.07, 6.45) is 0.176. The third kappa shape index (κ3) is 5.13. The zero-order valence-electron chi connectivity index (χ0n) is 16.9. The lowest BCUT2D eigenvalue weighted by atomic mass is 10.2. The normalized spacial score (nSPS) is 10.4. The van der Waals surface area contributed by atoms with Gasteiger partial charge in [0.2, 0.25) is 5.91 Å². The van der Waals surface area contributed by atoms with Gasteiger partial charge in [-0.15, -0.1) is 11.3 Å². The van der Waals surface area contributed by atoms with E-state index in [0.29, 0.717) is 23.7 Å². The SMILES string of the molecule is CCOc1ccc(N(CCC#N)C(=O)Cn2nc(-c3ccc(C)s3)ccc2=O)cc1. The second kappa shape index (κ2) is 9.85. The number of amides is 1. The van der Waals surface area contributed by atoms with Crippen LogP contribution < -0.4 is 15.2 Å². The Labute approximate surface area is 178 Å². The van der Waals surface area contributed by atoms with Crippen LogP contribution in [0.25, 0.3) is 10.6 Å². The lowest BCUT2D eigenvalue weighted by Crippen LogP contribution is -2.38. The molecule has 8 heteroatoms. The fourth-order valence-electron chi connectivity index (χ4n) is 2.93. The van der Waals surface area contributed by atoms with Gasteiger partial charge in [0.15, 0.2) is 0 Å². The van der Waals surface area contributed by atoms with E-state index in [0.717, 1.165) is 9.75 Å². The molecule has 2 aromatic heterocycles. The van der Waals surface area contributed by atoms with Crippen molar-refractivity contribution < 1.29 is 9.53 Å². The topological polar surface area (TPSA) is 88.2 Å². The van der Waals surface area contributed by atoms with Crippen LogP contribution in [0.2, 0.25) is 0 Å². The van der Waals surface area contributed by atoms with E-state index in [2.05, 4.69) is 11.2 Å². The number of carbonyl (C=O) groups is 1. The minimum absolute atomic E-state index is 0.176. The summed E-state index contributed by atoms with van der Waals surface area (Å²) in [7, 11) is 0. The highest BCUT2D eigenvalue weighted by Crippen LogP contribution is 2.25.